The molecule has 18 heavy (non-hydrogen) atoms. The number of rotatable bonds is 5. The van der Waals surface area contributed by atoms with Crippen LogP contribution in [-0.4, -0.2) is 37.4 Å². The van der Waals surface area contributed by atoms with Crippen molar-refractivity contribution < 1.29 is 23.8 Å². The molecule has 5 nitrogen and oxygen atoms in total. The van der Waals surface area contributed by atoms with Gasteiger partial charge in [-0.05, 0) is 40.7 Å². The van der Waals surface area contributed by atoms with Crippen molar-refractivity contribution in [2.75, 3.05) is 13.7 Å². The summed E-state index contributed by atoms with van der Waals surface area (Å²) in [6.45, 7) is 8.56. The minimum atomic E-state index is -0.540. The van der Waals surface area contributed by atoms with Gasteiger partial charge in [-0.2, -0.15) is 0 Å². The van der Waals surface area contributed by atoms with Gasteiger partial charge >= 0.3 is 11.9 Å². The molecule has 0 spiro atoms. The predicted octanol–water partition coefficient (Wildman–Crippen LogP) is 1.85. The van der Waals surface area contributed by atoms with Gasteiger partial charge in [0, 0.05) is 12.7 Å². The van der Waals surface area contributed by atoms with Crippen molar-refractivity contribution in [2.24, 2.45) is 0 Å². The maximum atomic E-state index is 11.6. The summed E-state index contributed by atoms with van der Waals surface area (Å²) in [5, 5.41) is 0. The summed E-state index contributed by atoms with van der Waals surface area (Å²) < 4.78 is 14.8. The lowest BCUT2D eigenvalue weighted by Crippen LogP contribution is -2.25. The molecule has 0 N–H and O–H groups in total. The van der Waals surface area contributed by atoms with Crippen LogP contribution in [0.25, 0.3) is 0 Å². The molecule has 0 amide bonds. The second-order valence-electron chi connectivity index (χ2n) is 4.98. The molecule has 0 bridgehead atoms. The molecule has 0 saturated heterocycles. The molecule has 0 unspecified atom stereocenters. The van der Waals surface area contributed by atoms with E-state index in [-0.39, 0.29) is 6.61 Å². The van der Waals surface area contributed by atoms with E-state index in [1.807, 2.05) is 0 Å². The number of hydrogen-bond acceptors (Lipinski definition) is 5. The van der Waals surface area contributed by atoms with E-state index in [1.165, 1.54) is 7.11 Å². The van der Waals surface area contributed by atoms with Crippen LogP contribution in [0.2, 0.25) is 0 Å². The largest absolute Gasteiger partial charge is 0.457 e. The number of ether oxygens (including phenoxy) is 3. The number of methoxy groups -OCH3 is 1. The lowest BCUT2D eigenvalue weighted by Gasteiger charge is -2.20. The van der Waals surface area contributed by atoms with Crippen LogP contribution in [0.1, 0.15) is 34.6 Å². The van der Waals surface area contributed by atoms with Crippen molar-refractivity contribution in [3.63, 3.8) is 0 Å². The van der Waals surface area contributed by atoms with Crippen molar-refractivity contribution in [3.8, 4) is 0 Å². The lowest BCUT2D eigenvalue weighted by molar-refractivity contribution is -0.152. The Hall–Kier alpha value is -1.36. The standard InChI is InChI=1S/C13H22O5/c1-9(12(15)18-13(3,4)5)7-10(2)17-11(14)8-16-6/h7,10H,8H2,1-6H3/b9-7+/t10-/m0/s1. The Morgan fingerprint density at radius 1 is 1.28 bits per heavy atom. The molecule has 0 radical (unpaired) electrons. The van der Waals surface area contributed by atoms with Crippen molar-refractivity contribution in [1.29, 1.82) is 0 Å². The van der Waals surface area contributed by atoms with Gasteiger partial charge in [-0.25, -0.2) is 9.59 Å². The van der Waals surface area contributed by atoms with Crippen molar-refractivity contribution in [3.05, 3.63) is 11.6 Å². The van der Waals surface area contributed by atoms with Crippen LogP contribution >= 0.6 is 0 Å². The molecule has 0 aliphatic carbocycles. The molecule has 0 aromatic rings. The molecule has 0 aromatic carbocycles. The monoisotopic (exact) mass is 258 g/mol. The summed E-state index contributed by atoms with van der Waals surface area (Å²) in [6, 6.07) is 0. The second-order valence-corrected chi connectivity index (χ2v) is 4.98. The number of carbonyl (C=O) groups is 2. The average Bonchev–Trinajstić information content (AvgIpc) is 2.14. The smallest absolute Gasteiger partial charge is 0.334 e. The van der Waals surface area contributed by atoms with Gasteiger partial charge in [0.2, 0.25) is 0 Å². The minimum Gasteiger partial charge on any atom is -0.457 e. The molecule has 0 rings (SSSR count). The lowest BCUT2D eigenvalue weighted by atomic mass is 10.2. The summed E-state index contributed by atoms with van der Waals surface area (Å²) >= 11 is 0. The summed E-state index contributed by atoms with van der Waals surface area (Å²) in [7, 11) is 1.41. The zero-order valence-electron chi connectivity index (χ0n) is 11.9. The molecular weight excluding hydrogens is 236 g/mol. The molecule has 104 valence electrons. The highest BCUT2D eigenvalue weighted by molar-refractivity contribution is 5.88. The molecular formula is C13H22O5. The fourth-order valence-corrected chi connectivity index (χ4v) is 1.17. The van der Waals surface area contributed by atoms with E-state index in [2.05, 4.69) is 4.74 Å². The molecule has 0 aliphatic rings. The topological polar surface area (TPSA) is 61.8 Å². The van der Waals surface area contributed by atoms with Gasteiger partial charge in [0.05, 0.1) is 0 Å². The van der Waals surface area contributed by atoms with Crippen LogP contribution in [0.3, 0.4) is 0 Å². The Bertz CT molecular complexity index is 325. The van der Waals surface area contributed by atoms with Crippen LogP contribution in [0.5, 0.6) is 0 Å². The van der Waals surface area contributed by atoms with Crippen LogP contribution in [-0.2, 0) is 23.8 Å². The van der Waals surface area contributed by atoms with Crippen LogP contribution in [0.4, 0.5) is 0 Å². The zero-order valence-corrected chi connectivity index (χ0v) is 11.9. The van der Waals surface area contributed by atoms with Gasteiger partial charge in [0.1, 0.15) is 18.3 Å². The molecule has 0 aromatic heterocycles. The fraction of sp³-hybridized carbons (Fsp3) is 0.692. The number of hydrogen-bond donors (Lipinski definition) is 0. The summed E-state index contributed by atoms with van der Waals surface area (Å²) in [5.74, 6) is -0.893. The molecule has 0 saturated carbocycles. The zero-order chi connectivity index (χ0) is 14.3. The van der Waals surface area contributed by atoms with Gasteiger partial charge in [-0.15, -0.1) is 0 Å². The molecule has 0 heterocycles. The van der Waals surface area contributed by atoms with Crippen LogP contribution < -0.4 is 0 Å². The Balaban J connectivity index is 4.39. The van der Waals surface area contributed by atoms with E-state index in [1.54, 1.807) is 40.7 Å². The number of esters is 2. The first kappa shape index (κ1) is 16.6. The van der Waals surface area contributed by atoms with Gasteiger partial charge < -0.3 is 14.2 Å². The fourth-order valence-electron chi connectivity index (χ4n) is 1.17. The Morgan fingerprint density at radius 3 is 2.28 bits per heavy atom. The van der Waals surface area contributed by atoms with E-state index >= 15 is 0 Å². The summed E-state index contributed by atoms with van der Waals surface area (Å²) in [6.07, 6.45) is 1.04. The Morgan fingerprint density at radius 2 is 1.83 bits per heavy atom. The van der Waals surface area contributed by atoms with E-state index in [0.717, 1.165) is 0 Å². The van der Waals surface area contributed by atoms with Gasteiger partial charge in [0.15, 0.2) is 0 Å². The average molecular weight is 258 g/mol. The van der Waals surface area contributed by atoms with E-state index < -0.39 is 23.6 Å². The second kappa shape index (κ2) is 7.16. The Kier molecular flexibility index (Phi) is 6.62. The third kappa shape index (κ3) is 7.84. The van der Waals surface area contributed by atoms with Crippen LogP contribution in [0, 0.1) is 0 Å². The van der Waals surface area contributed by atoms with Gasteiger partial charge in [-0.3, -0.25) is 0 Å². The van der Waals surface area contributed by atoms with Crippen LogP contribution in [0.15, 0.2) is 11.6 Å². The third-order valence-electron chi connectivity index (χ3n) is 1.79. The molecule has 0 fully saturated rings. The van der Waals surface area contributed by atoms with Gasteiger partial charge in [0.25, 0.3) is 0 Å². The van der Waals surface area contributed by atoms with Crippen molar-refractivity contribution in [1.82, 2.24) is 0 Å². The summed E-state index contributed by atoms with van der Waals surface area (Å²) in [4.78, 5) is 22.8. The van der Waals surface area contributed by atoms with E-state index in [0.29, 0.717) is 5.57 Å². The number of carbonyl (C=O) groups excluding carboxylic acids is 2. The third-order valence-corrected chi connectivity index (χ3v) is 1.79. The first-order chi connectivity index (χ1) is 8.15. The van der Waals surface area contributed by atoms with E-state index in [4.69, 9.17) is 9.47 Å². The normalized spacial score (nSPS) is 14.0. The maximum Gasteiger partial charge on any atom is 0.334 e. The first-order valence-corrected chi connectivity index (χ1v) is 5.76. The maximum absolute atomic E-state index is 11.6. The quantitative estimate of drug-likeness (QED) is 0.556. The molecule has 1 atom stereocenters. The highest BCUT2D eigenvalue weighted by Gasteiger charge is 2.18. The SMILES string of the molecule is COCC(=O)O[C@@H](C)/C=C(\C)C(=O)OC(C)(C)C. The molecule has 0 aliphatic heterocycles. The summed E-state index contributed by atoms with van der Waals surface area (Å²) in [5.41, 5.74) is -0.134. The minimum absolute atomic E-state index is 0.107. The van der Waals surface area contributed by atoms with Gasteiger partial charge in [-0.1, -0.05) is 0 Å². The van der Waals surface area contributed by atoms with Crippen molar-refractivity contribution in [2.45, 2.75) is 46.3 Å². The highest BCUT2D eigenvalue weighted by atomic mass is 16.6. The van der Waals surface area contributed by atoms with Crippen molar-refractivity contribution >= 4 is 11.9 Å². The highest BCUT2D eigenvalue weighted by Crippen LogP contribution is 2.11. The van der Waals surface area contributed by atoms with E-state index in [9.17, 15) is 9.59 Å². The Labute approximate surface area is 108 Å². The predicted molar refractivity (Wildman–Crippen MR) is 67.0 cm³/mol. The first-order valence-electron chi connectivity index (χ1n) is 5.76. The molecule has 5 heteroatoms.